The third-order valence-corrected chi connectivity index (χ3v) is 5.29. The highest BCUT2D eigenvalue weighted by Gasteiger charge is 2.10. The number of carbonyl (C=O) groups excluding carboxylic acids is 2. The number of halogens is 1. The van der Waals surface area contributed by atoms with Crippen LogP contribution in [0.25, 0.3) is 6.08 Å². The van der Waals surface area contributed by atoms with Crippen LogP contribution in [0.4, 0.5) is 15.2 Å². The minimum Gasteiger partial charge on any atom is -0.325 e. The van der Waals surface area contributed by atoms with E-state index in [2.05, 4.69) is 20.8 Å². The van der Waals surface area contributed by atoms with Gasteiger partial charge in [0, 0.05) is 11.8 Å². The number of amides is 2. The van der Waals surface area contributed by atoms with Gasteiger partial charge in [-0.15, -0.1) is 10.2 Å². The molecule has 0 atom stereocenters. The van der Waals surface area contributed by atoms with Gasteiger partial charge >= 0.3 is 0 Å². The summed E-state index contributed by atoms with van der Waals surface area (Å²) in [6, 6.07) is 15.0. The van der Waals surface area contributed by atoms with E-state index in [1.807, 2.05) is 30.3 Å². The third-order valence-electron chi connectivity index (χ3n) is 3.32. The summed E-state index contributed by atoms with van der Waals surface area (Å²) in [5.74, 6) is -0.809. The summed E-state index contributed by atoms with van der Waals surface area (Å²) in [7, 11) is 0. The van der Waals surface area contributed by atoms with E-state index in [9.17, 15) is 14.0 Å². The van der Waals surface area contributed by atoms with Crippen LogP contribution in [0.5, 0.6) is 0 Å². The summed E-state index contributed by atoms with van der Waals surface area (Å²) in [4.78, 5) is 23.9. The topological polar surface area (TPSA) is 84.0 Å². The molecular formula is C19H15FN4O2S2. The number of thioether (sulfide) groups is 1. The minimum absolute atomic E-state index is 0.119. The van der Waals surface area contributed by atoms with Crippen LogP contribution in [0, 0.1) is 5.82 Å². The van der Waals surface area contributed by atoms with Crippen molar-refractivity contribution in [1.29, 1.82) is 0 Å². The fraction of sp³-hybridized carbons (Fsp3) is 0.0526. The first-order valence-electron chi connectivity index (χ1n) is 8.14. The maximum atomic E-state index is 12.9. The molecule has 0 aliphatic carbocycles. The van der Waals surface area contributed by atoms with Gasteiger partial charge in [-0.1, -0.05) is 53.4 Å². The van der Waals surface area contributed by atoms with Crippen molar-refractivity contribution in [3.8, 4) is 0 Å². The Morgan fingerprint density at radius 3 is 2.54 bits per heavy atom. The van der Waals surface area contributed by atoms with Crippen LogP contribution in [0.1, 0.15) is 5.56 Å². The number of anilines is 2. The van der Waals surface area contributed by atoms with Crippen LogP contribution in [-0.2, 0) is 9.59 Å². The van der Waals surface area contributed by atoms with E-state index in [0.717, 1.165) is 5.56 Å². The number of aromatic nitrogens is 2. The molecule has 9 heteroatoms. The smallest absolute Gasteiger partial charge is 0.250 e. The Bertz CT molecular complexity index is 975. The Labute approximate surface area is 168 Å². The van der Waals surface area contributed by atoms with Gasteiger partial charge in [-0.05, 0) is 35.9 Å². The Hall–Kier alpha value is -3.04. The van der Waals surface area contributed by atoms with Crippen molar-refractivity contribution in [3.63, 3.8) is 0 Å². The molecule has 0 saturated heterocycles. The third kappa shape index (κ3) is 6.29. The van der Waals surface area contributed by atoms with Gasteiger partial charge in [0.15, 0.2) is 4.34 Å². The zero-order chi connectivity index (χ0) is 19.8. The lowest BCUT2D eigenvalue weighted by Crippen LogP contribution is -2.13. The number of carbonyl (C=O) groups is 2. The Morgan fingerprint density at radius 1 is 1.04 bits per heavy atom. The van der Waals surface area contributed by atoms with Gasteiger partial charge in [-0.3, -0.25) is 14.9 Å². The molecule has 0 radical (unpaired) electrons. The zero-order valence-electron chi connectivity index (χ0n) is 14.5. The molecule has 28 heavy (non-hydrogen) atoms. The van der Waals surface area contributed by atoms with Crippen molar-refractivity contribution >= 4 is 51.8 Å². The van der Waals surface area contributed by atoms with Crippen molar-refractivity contribution in [3.05, 3.63) is 72.1 Å². The van der Waals surface area contributed by atoms with Gasteiger partial charge in [0.05, 0.1) is 5.75 Å². The molecule has 142 valence electrons. The normalized spacial score (nSPS) is 10.8. The second-order valence-corrected chi connectivity index (χ2v) is 7.65. The second kappa shape index (κ2) is 9.77. The Morgan fingerprint density at radius 2 is 1.79 bits per heavy atom. The molecule has 0 aliphatic heterocycles. The maximum Gasteiger partial charge on any atom is 0.250 e. The highest BCUT2D eigenvalue weighted by molar-refractivity contribution is 8.01. The molecule has 1 heterocycles. The first-order chi connectivity index (χ1) is 13.6. The molecule has 0 unspecified atom stereocenters. The summed E-state index contributed by atoms with van der Waals surface area (Å²) in [6.45, 7) is 0. The van der Waals surface area contributed by atoms with Gasteiger partial charge < -0.3 is 5.32 Å². The van der Waals surface area contributed by atoms with E-state index in [0.29, 0.717) is 15.2 Å². The van der Waals surface area contributed by atoms with E-state index in [-0.39, 0.29) is 23.4 Å². The molecule has 2 amide bonds. The molecule has 0 aliphatic rings. The van der Waals surface area contributed by atoms with Crippen LogP contribution in [0.15, 0.2) is 65.0 Å². The van der Waals surface area contributed by atoms with Gasteiger partial charge in [0.2, 0.25) is 16.9 Å². The molecule has 6 nitrogen and oxygen atoms in total. The van der Waals surface area contributed by atoms with E-state index in [4.69, 9.17) is 0 Å². The Balaban J connectivity index is 1.46. The van der Waals surface area contributed by atoms with Crippen molar-refractivity contribution in [1.82, 2.24) is 10.2 Å². The largest absolute Gasteiger partial charge is 0.325 e. The standard InChI is InChI=1S/C19H15FN4O2S2/c20-14-7-9-15(10-8-14)21-17(26)12-27-19-24-23-18(28-19)22-16(25)11-6-13-4-2-1-3-5-13/h1-11H,12H2,(H,21,26)(H,22,23,25). The van der Waals surface area contributed by atoms with Crippen molar-refractivity contribution < 1.29 is 14.0 Å². The summed E-state index contributed by atoms with van der Waals surface area (Å²) < 4.78 is 13.4. The summed E-state index contributed by atoms with van der Waals surface area (Å²) in [5, 5.41) is 13.5. The molecule has 0 fully saturated rings. The van der Waals surface area contributed by atoms with E-state index in [1.54, 1.807) is 6.08 Å². The number of nitrogens with zero attached hydrogens (tertiary/aromatic N) is 2. The summed E-state index contributed by atoms with van der Waals surface area (Å²) in [6.07, 6.45) is 3.12. The van der Waals surface area contributed by atoms with Crippen LogP contribution >= 0.6 is 23.1 Å². The van der Waals surface area contributed by atoms with Crippen LogP contribution in [0.3, 0.4) is 0 Å². The van der Waals surface area contributed by atoms with Crippen molar-refractivity contribution in [2.45, 2.75) is 4.34 Å². The van der Waals surface area contributed by atoms with Crippen LogP contribution < -0.4 is 10.6 Å². The highest BCUT2D eigenvalue weighted by atomic mass is 32.2. The predicted octanol–water partition coefficient (Wildman–Crippen LogP) is 4.06. The zero-order valence-corrected chi connectivity index (χ0v) is 16.1. The maximum absolute atomic E-state index is 12.9. The number of hydrogen-bond acceptors (Lipinski definition) is 6. The highest BCUT2D eigenvalue weighted by Crippen LogP contribution is 2.25. The molecule has 0 bridgehead atoms. The molecule has 1 aromatic heterocycles. The molecule has 0 spiro atoms. The van der Waals surface area contributed by atoms with Crippen molar-refractivity contribution in [2.75, 3.05) is 16.4 Å². The SMILES string of the molecule is O=C(C=Cc1ccccc1)Nc1nnc(SCC(=O)Nc2ccc(F)cc2)s1. The quantitative estimate of drug-likeness (QED) is 0.346. The lowest BCUT2D eigenvalue weighted by Gasteiger charge is -2.03. The Kier molecular flexibility index (Phi) is 6.88. The monoisotopic (exact) mass is 414 g/mol. The molecular weight excluding hydrogens is 399 g/mol. The van der Waals surface area contributed by atoms with Gasteiger partial charge in [-0.2, -0.15) is 0 Å². The summed E-state index contributed by atoms with van der Waals surface area (Å²) >= 11 is 2.38. The molecule has 3 aromatic rings. The fourth-order valence-electron chi connectivity index (χ4n) is 2.06. The van der Waals surface area contributed by atoms with E-state index >= 15 is 0 Å². The van der Waals surface area contributed by atoms with Gasteiger partial charge in [0.1, 0.15) is 5.82 Å². The lowest BCUT2D eigenvalue weighted by atomic mass is 10.2. The first kappa shape index (κ1) is 19.7. The molecule has 2 aromatic carbocycles. The van der Waals surface area contributed by atoms with Crippen molar-refractivity contribution in [2.24, 2.45) is 0 Å². The number of benzene rings is 2. The van der Waals surface area contributed by atoms with Crippen LogP contribution in [0.2, 0.25) is 0 Å². The van der Waals surface area contributed by atoms with E-state index < -0.39 is 0 Å². The average Bonchev–Trinajstić information content (AvgIpc) is 3.15. The van der Waals surface area contributed by atoms with Gasteiger partial charge in [0.25, 0.3) is 0 Å². The molecule has 3 rings (SSSR count). The van der Waals surface area contributed by atoms with Crippen LogP contribution in [-0.4, -0.2) is 27.8 Å². The fourth-order valence-corrected chi connectivity index (χ4v) is 3.61. The predicted molar refractivity (Wildman–Crippen MR) is 110 cm³/mol. The summed E-state index contributed by atoms with van der Waals surface area (Å²) in [5.41, 5.74) is 1.43. The second-order valence-electron chi connectivity index (χ2n) is 5.45. The minimum atomic E-state index is -0.366. The van der Waals surface area contributed by atoms with E-state index in [1.165, 1.54) is 53.4 Å². The number of nitrogens with one attached hydrogen (secondary N) is 2. The number of rotatable bonds is 7. The number of hydrogen-bond donors (Lipinski definition) is 2. The molecule has 2 N–H and O–H groups in total. The molecule has 0 saturated carbocycles. The lowest BCUT2D eigenvalue weighted by molar-refractivity contribution is -0.114. The average molecular weight is 414 g/mol. The first-order valence-corrected chi connectivity index (χ1v) is 9.94. The van der Waals surface area contributed by atoms with Gasteiger partial charge in [-0.25, -0.2) is 4.39 Å².